The molecule has 0 aromatic heterocycles. The highest BCUT2D eigenvalue weighted by atomic mass is 16.5. The standard InChI is InChI=1S/C10H22N2O2/c13-6-8-14-7-2-4-11-9-10-3-1-5-12-10/h10-13H,1-9H2. The molecule has 84 valence electrons. The number of hydrogen-bond donors (Lipinski definition) is 3. The fourth-order valence-electron chi connectivity index (χ4n) is 1.67. The summed E-state index contributed by atoms with van der Waals surface area (Å²) in [7, 11) is 0. The lowest BCUT2D eigenvalue weighted by Crippen LogP contribution is -2.34. The molecule has 1 aliphatic heterocycles. The van der Waals surface area contributed by atoms with Gasteiger partial charge in [-0.25, -0.2) is 0 Å². The lowest BCUT2D eigenvalue weighted by molar-refractivity contribution is 0.0907. The summed E-state index contributed by atoms with van der Waals surface area (Å²) in [6, 6.07) is 0.674. The second-order valence-electron chi connectivity index (χ2n) is 3.69. The van der Waals surface area contributed by atoms with E-state index in [4.69, 9.17) is 9.84 Å². The van der Waals surface area contributed by atoms with Crippen LogP contribution in [0.4, 0.5) is 0 Å². The molecule has 3 N–H and O–H groups in total. The molecule has 1 rings (SSSR count). The molecule has 1 saturated heterocycles. The Hall–Kier alpha value is -0.160. The first-order valence-electron chi connectivity index (χ1n) is 5.56. The first-order chi connectivity index (χ1) is 6.93. The normalized spacial score (nSPS) is 21.6. The number of hydrogen-bond acceptors (Lipinski definition) is 4. The van der Waals surface area contributed by atoms with Crippen molar-refractivity contribution in [3.63, 3.8) is 0 Å². The molecule has 0 bridgehead atoms. The van der Waals surface area contributed by atoms with Crippen LogP contribution in [0.25, 0.3) is 0 Å². The van der Waals surface area contributed by atoms with E-state index in [1.165, 1.54) is 19.4 Å². The molecular weight excluding hydrogens is 180 g/mol. The topological polar surface area (TPSA) is 53.5 Å². The third-order valence-electron chi connectivity index (χ3n) is 2.43. The van der Waals surface area contributed by atoms with Crippen LogP contribution in [0.2, 0.25) is 0 Å². The third kappa shape index (κ3) is 5.54. The van der Waals surface area contributed by atoms with Gasteiger partial charge in [0.05, 0.1) is 13.2 Å². The van der Waals surface area contributed by atoms with E-state index in [0.29, 0.717) is 12.6 Å². The molecule has 4 nitrogen and oxygen atoms in total. The van der Waals surface area contributed by atoms with E-state index in [1.807, 2.05) is 0 Å². The van der Waals surface area contributed by atoms with Crippen molar-refractivity contribution in [2.45, 2.75) is 25.3 Å². The van der Waals surface area contributed by atoms with E-state index in [1.54, 1.807) is 0 Å². The summed E-state index contributed by atoms with van der Waals surface area (Å²) >= 11 is 0. The van der Waals surface area contributed by atoms with Gasteiger partial charge in [0.25, 0.3) is 0 Å². The molecule has 0 aliphatic carbocycles. The Morgan fingerprint density at radius 2 is 2.36 bits per heavy atom. The van der Waals surface area contributed by atoms with E-state index in [9.17, 15) is 0 Å². The fourth-order valence-corrected chi connectivity index (χ4v) is 1.67. The average molecular weight is 202 g/mol. The van der Waals surface area contributed by atoms with Gasteiger partial charge in [-0.15, -0.1) is 0 Å². The number of aliphatic hydroxyl groups excluding tert-OH is 1. The summed E-state index contributed by atoms with van der Waals surface area (Å²) in [5, 5.41) is 15.3. The van der Waals surface area contributed by atoms with Crippen LogP contribution in [0.15, 0.2) is 0 Å². The van der Waals surface area contributed by atoms with Crippen molar-refractivity contribution < 1.29 is 9.84 Å². The predicted octanol–water partition coefficient (Wildman–Crippen LogP) is -0.273. The van der Waals surface area contributed by atoms with Crippen LogP contribution < -0.4 is 10.6 Å². The van der Waals surface area contributed by atoms with E-state index in [-0.39, 0.29) is 6.61 Å². The van der Waals surface area contributed by atoms with Crippen LogP contribution in [0, 0.1) is 0 Å². The van der Waals surface area contributed by atoms with E-state index >= 15 is 0 Å². The number of nitrogens with one attached hydrogen (secondary N) is 2. The minimum Gasteiger partial charge on any atom is -0.394 e. The van der Waals surface area contributed by atoms with Gasteiger partial charge in [0, 0.05) is 19.2 Å². The first kappa shape index (κ1) is 11.9. The molecule has 1 fully saturated rings. The van der Waals surface area contributed by atoms with Crippen molar-refractivity contribution in [1.29, 1.82) is 0 Å². The number of aliphatic hydroxyl groups is 1. The minimum absolute atomic E-state index is 0.124. The van der Waals surface area contributed by atoms with Crippen LogP contribution >= 0.6 is 0 Å². The Labute approximate surface area is 86.0 Å². The summed E-state index contributed by atoms with van der Waals surface area (Å²) in [6.07, 6.45) is 3.63. The van der Waals surface area contributed by atoms with E-state index in [0.717, 1.165) is 26.1 Å². The molecule has 0 amide bonds. The van der Waals surface area contributed by atoms with Crippen molar-refractivity contribution in [2.75, 3.05) is 39.5 Å². The largest absolute Gasteiger partial charge is 0.394 e. The van der Waals surface area contributed by atoms with Crippen molar-refractivity contribution in [3.8, 4) is 0 Å². The Bertz CT molecular complexity index is 127. The Morgan fingerprint density at radius 1 is 1.43 bits per heavy atom. The summed E-state index contributed by atoms with van der Waals surface area (Å²) in [6.45, 7) is 4.57. The number of ether oxygens (including phenoxy) is 1. The molecule has 14 heavy (non-hydrogen) atoms. The van der Waals surface area contributed by atoms with Crippen LogP contribution in [-0.2, 0) is 4.74 Å². The molecule has 1 unspecified atom stereocenters. The lowest BCUT2D eigenvalue weighted by Gasteiger charge is -2.11. The van der Waals surface area contributed by atoms with Crippen LogP contribution in [-0.4, -0.2) is 50.6 Å². The molecule has 1 heterocycles. The molecule has 0 spiro atoms. The third-order valence-corrected chi connectivity index (χ3v) is 2.43. The number of rotatable bonds is 8. The Balaban J connectivity index is 1.75. The maximum absolute atomic E-state index is 8.46. The highest BCUT2D eigenvalue weighted by Crippen LogP contribution is 2.02. The highest BCUT2D eigenvalue weighted by molar-refractivity contribution is 4.75. The monoisotopic (exact) mass is 202 g/mol. The van der Waals surface area contributed by atoms with Crippen molar-refractivity contribution >= 4 is 0 Å². The molecule has 1 atom stereocenters. The van der Waals surface area contributed by atoms with Gasteiger partial charge in [-0.05, 0) is 32.4 Å². The predicted molar refractivity (Wildman–Crippen MR) is 56.4 cm³/mol. The molecule has 1 aliphatic rings. The minimum atomic E-state index is 0.124. The van der Waals surface area contributed by atoms with Gasteiger partial charge in [0.2, 0.25) is 0 Å². The van der Waals surface area contributed by atoms with E-state index in [2.05, 4.69) is 10.6 Å². The quantitative estimate of drug-likeness (QED) is 0.474. The maximum Gasteiger partial charge on any atom is 0.0697 e. The molecular formula is C10H22N2O2. The van der Waals surface area contributed by atoms with Gasteiger partial charge >= 0.3 is 0 Å². The van der Waals surface area contributed by atoms with Gasteiger partial charge in [-0.3, -0.25) is 0 Å². The van der Waals surface area contributed by atoms with Gasteiger partial charge in [0.15, 0.2) is 0 Å². The zero-order chi connectivity index (χ0) is 10.1. The Kier molecular flexibility index (Phi) is 6.95. The second kappa shape index (κ2) is 8.17. The summed E-state index contributed by atoms with van der Waals surface area (Å²) in [5.74, 6) is 0. The molecule has 0 saturated carbocycles. The maximum atomic E-state index is 8.46. The van der Waals surface area contributed by atoms with Crippen LogP contribution in [0.5, 0.6) is 0 Å². The van der Waals surface area contributed by atoms with Gasteiger partial charge < -0.3 is 20.5 Å². The summed E-state index contributed by atoms with van der Waals surface area (Å²) in [4.78, 5) is 0. The zero-order valence-corrected chi connectivity index (χ0v) is 8.80. The molecule has 4 heteroatoms. The zero-order valence-electron chi connectivity index (χ0n) is 8.80. The van der Waals surface area contributed by atoms with Gasteiger partial charge in [-0.1, -0.05) is 0 Å². The molecule has 0 aromatic rings. The molecule has 0 radical (unpaired) electrons. The second-order valence-corrected chi connectivity index (χ2v) is 3.69. The first-order valence-corrected chi connectivity index (χ1v) is 5.56. The molecule has 0 aromatic carbocycles. The van der Waals surface area contributed by atoms with Crippen molar-refractivity contribution in [1.82, 2.24) is 10.6 Å². The smallest absolute Gasteiger partial charge is 0.0697 e. The van der Waals surface area contributed by atoms with Crippen molar-refractivity contribution in [2.24, 2.45) is 0 Å². The lowest BCUT2D eigenvalue weighted by atomic mass is 10.2. The Morgan fingerprint density at radius 3 is 3.07 bits per heavy atom. The fraction of sp³-hybridized carbons (Fsp3) is 1.00. The van der Waals surface area contributed by atoms with Gasteiger partial charge in [-0.2, -0.15) is 0 Å². The summed E-state index contributed by atoms with van der Waals surface area (Å²) < 4.78 is 5.15. The summed E-state index contributed by atoms with van der Waals surface area (Å²) in [5.41, 5.74) is 0. The highest BCUT2D eigenvalue weighted by Gasteiger charge is 2.12. The van der Waals surface area contributed by atoms with Crippen LogP contribution in [0.3, 0.4) is 0 Å². The SMILES string of the molecule is OCCOCCCNCC1CCCN1. The van der Waals surface area contributed by atoms with Gasteiger partial charge in [0.1, 0.15) is 0 Å². The average Bonchev–Trinajstić information content (AvgIpc) is 2.69. The van der Waals surface area contributed by atoms with Crippen molar-refractivity contribution in [3.05, 3.63) is 0 Å². The van der Waals surface area contributed by atoms with Crippen LogP contribution in [0.1, 0.15) is 19.3 Å². The van der Waals surface area contributed by atoms with E-state index < -0.39 is 0 Å².